The summed E-state index contributed by atoms with van der Waals surface area (Å²) in [5, 5.41) is 0.188. The highest BCUT2D eigenvalue weighted by Crippen LogP contribution is 2.49. The molecule has 0 radical (unpaired) electrons. The Bertz CT molecular complexity index is 1290. The number of amidine groups is 1. The van der Waals surface area contributed by atoms with E-state index in [1.54, 1.807) is 0 Å². The number of benzene rings is 3. The summed E-state index contributed by atoms with van der Waals surface area (Å²) in [6.45, 7) is 8.30. The van der Waals surface area contributed by atoms with Gasteiger partial charge < -0.3 is 9.31 Å². The van der Waals surface area contributed by atoms with Crippen LogP contribution >= 0.6 is 11.8 Å². The molecule has 3 aliphatic heterocycles. The van der Waals surface area contributed by atoms with E-state index in [9.17, 15) is 0 Å². The SMILES string of the molecule is CC1(C)OB(c2ccc(C3=NC4c5ccccc5SC4C(c4ccccc4)=N3)cc2)OC1(C)C. The number of hydrogen-bond acceptors (Lipinski definition) is 5. The molecular formula is C28H27BN2O2S. The van der Waals surface area contributed by atoms with Gasteiger partial charge >= 0.3 is 7.12 Å². The molecule has 0 saturated carbocycles. The van der Waals surface area contributed by atoms with Crippen molar-refractivity contribution in [1.29, 1.82) is 0 Å². The number of aliphatic imine (C=N–C) groups is 2. The molecule has 3 aromatic carbocycles. The molecule has 1 saturated heterocycles. The third-order valence-corrected chi connectivity index (χ3v) is 8.66. The van der Waals surface area contributed by atoms with Crippen molar-refractivity contribution >= 4 is 35.9 Å². The van der Waals surface area contributed by atoms with Crippen LogP contribution in [-0.2, 0) is 9.31 Å². The third-order valence-electron chi connectivity index (χ3n) is 7.30. The fourth-order valence-electron chi connectivity index (χ4n) is 4.62. The van der Waals surface area contributed by atoms with E-state index < -0.39 is 0 Å². The fourth-order valence-corrected chi connectivity index (χ4v) is 6.02. The first-order chi connectivity index (χ1) is 16.3. The van der Waals surface area contributed by atoms with Crippen LogP contribution in [0.25, 0.3) is 0 Å². The first kappa shape index (κ1) is 21.8. The lowest BCUT2D eigenvalue weighted by atomic mass is 9.79. The van der Waals surface area contributed by atoms with Crippen LogP contribution in [0.15, 0.2) is 93.7 Å². The molecule has 6 heteroatoms. The Morgan fingerprint density at radius 3 is 2.12 bits per heavy atom. The molecule has 2 atom stereocenters. The molecule has 34 heavy (non-hydrogen) atoms. The van der Waals surface area contributed by atoms with Crippen LogP contribution in [0.4, 0.5) is 0 Å². The highest BCUT2D eigenvalue weighted by molar-refractivity contribution is 8.01. The average molecular weight is 466 g/mol. The molecule has 0 amide bonds. The Hall–Kier alpha value is -2.67. The number of rotatable bonds is 3. The second-order valence-electron chi connectivity index (χ2n) is 10.0. The van der Waals surface area contributed by atoms with Gasteiger partial charge in [-0.3, -0.25) is 4.99 Å². The van der Waals surface area contributed by atoms with Gasteiger partial charge in [0.2, 0.25) is 0 Å². The first-order valence-corrected chi connectivity index (χ1v) is 12.6. The minimum atomic E-state index is -0.377. The van der Waals surface area contributed by atoms with Gasteiger partial charge in [-0.2, -0.15) is 0 Å². The van der Waals surface area contributed by atoms with Crippen molar-refractivity contribution in [1.82, 2.24) is 0 Å². The van der Waals surface area contributed by atoms with Crippen molar-refractivity contribution in [2.45, 2.75) is 55.1 Å². The standard InChI is InChI=1S/C28H27BN2O2S/c1-27(2)28(3,4)33-29(32-27)20-16-14-19(15-17-20)26-30-23(18-10-6-5-7-11-18)25-24(31-26)21-12-8-9-13-22(21)34-25/h5-17,24-25H,1-4H3. The number of hydrogen-bond donors (Lipinski definition) is 0. The number of fused-ring (bicyclic) bond motifs is 3. The summed E-state index contributed by atoms with van der Waals surface area (Å²) in [4.78, 5) is 11.5. The molecule has 0 bridgehead atoms. The van der Waals surface area contributed by atoms with Gasteiger partial charge in [0.25, 0.3) is 0 Å². The zero-order chi connectivity index (χ0) is 23.5. The molecule has 3 aliphatic rings. The molecule has 3 aromatic rings. The maximum atomic E-state index is 6.22. The van der Waals surface area contributed by atoms with Crippen LogP contribution in [0.2, 0.25) is 0 Å². The summed E-state index contributed by atoms with van der Waals surface area (Å²) in [5.41, 5.74) is 4.81. The molecule has 1 fully saturated rings. The molecular weight excluding hydrogens is 439 g/mol. The summed E-state index contributed by atoms with van der Waals surface area (Å²) in [6.07, 6.45) is 0. The summed E-state index contributed by atoms with van der Waals surface area (Å²) in [6, 6.07) is 27.4. The maximum absolute atomic E-state index is 6.22. The van der Waals surface area contributed by atoms with Gasteiger partial charge in [0, 0.05) is 10.5 Å². The largest absolute Gasteiger partial charge is 0.494 e. The summed E-state index contributed by atoms with van der Waals surface area (Å²) in [7, 11) is -0.377. The fraction of sp³-hybridized carbons (Fsp3) is 0.286. The molecule has 2 unspecified atom stereocenters. The Morgan fingerprint density at radius 1 is 0.765 bits per heavy atom. The van der Waals surface area contributed by atoms with Gasteiger partial charge in [0.05, 0.1) is 28.2 Å². The van der Waals surface area contributed by atoms with Gasteiger partial charge in [-0.05, 0) is 50.4 Å². The summed E-state index contributed by atoms with van der Waals surface area (Å²) in [5.74, 6) is 0.776. The van der Waals surface area contributed by atoms with E-state index in [2.05, 4.69) is 100 Å². The number of nitrogens with zero attached hydrogens (tertiary/aromatic N) is 2. The summed E-state index contributed by atoms with van der Waals surface area (Å²) >= 11 is 1.87. The molecule has 0 aromatic heterocycles. The monoisotopic (exact) mass is 466 g/mol. The van der Waals surface area contributed by atoms with Crippen LogP contribution in [0, 0.1) is 0 Å². The average Bonchev–Trinajstić information content (AvgIpc) is 3.32. The minimum Gasteiger partial charge on any atom is -0.399 e. The smallest absolute Gasteiger partial charge is 0.399 e. The normalized spacial score (nSPS) is 24.3. The van der Waals surface area contributed by atoms with Crippen molar-refractivity contribution < 1.29 is 9.31 Å². The van der Waals surface area contributed by atoms with Gasteiger partial charge in [-0.25, -0.2) is 4.99 Å². The molecule has 4 nitrogen and oxygen atoms in total. The van der Waals surface area contributed by atoms with Crippen LogP contribution < -0.4 is 5.46 Å². The Kier molecular flexibility index (Phi) is 5.10. The Balaban J connectivity index is 1.37. The molecule has 6 rings (SSSR count). The Labute approximate surface area is 205 Å². The van der Waals surface area contributed by atoms with Crippen LogP contribution in [0.1, 0.15) is 50.4 Å². The lowest BCUT2D eigenvalue weighted by Crippen LogP contribution is -2.41. The van der Waals surface area contributed by atoms with Crippen molar-refractivity contribution in [3.05, 3.63) is 95.6 Å². The quantitative estimate of drug-likeness (QED) is 0.482. The van der Waals surface area contributed by atoms with E-state index in [0.717, 1.165) is 28.1 Å². The lowest BCUT2D eigenvalue weighted by Gasteiger charge is -2.32. The summed E-state index contributed by atoms with van der Waals surface area (Å²) < 4.78 is 12.4. The van der Waals surface area contributed by atoms with Gasteiger partial charge in [-0.15, -0.1) is 11.8 Å². The van der Waals surface area contributed by atoms with Crippen LogP contribution in [-0.4, -0.2) is 35.1 Å². The third kappa shape index (κ3) is 3.56. The van der Waals surface area contributed by atoms with Gasteiger partial charge in [-0.1, -0.05) is 72.8 Å². The van der Waals surface area contributed by atoms with E-state index >= 15 is 0 Å². The predicted molar refractivity (Wildman–Crippen MR) is 141 cm³/mol. The van der Waals surface area contributed by atoms with E-state index in [-0.39, 0.29) is 29.6 Å². The van der Waals surface area contributed by atoms with Crippen LogP contribution in [0.3, 0.4) is 0 Å². The number of thioether (sulfide) groups is 1. The van der Waals surface area contributed by atoms with Crippen LogP contribution in [0.5, 0.6) is 0 Å². The molecule has 170 valence electrons. The van der Waals surface area contributed by atoms with Crippen molar-refractivity contribution in [2.24, 2.45) is 9.98 Å². The van der Waals surface area contributed by atoms with E-state index in [1.165, 1.54) is 10.5 Å². The predicted octanol–water partition coefficient (Wildman–Crippen LogP) is 5.45. The van der Waals surface area contributed by atoms with Gasteiger partial charge in [0.15, 0.2) is 5.84 Å². The lowest BCUT2D eigenvalue weighted by molar-refractivity contribution is 0.00578. The molecule has 0 N–H and O–H groups in total. The van der Waals surface area contributed by atoms with Crippen molar-refractivity contribution in [3.63, 3.8) is 0 Å². The molecule has 0 spiro atoms. The first-order valence-electron chi connectivity index (χ1n) is 11.8. The molecule has 3 heterocycles. The maximum Gasteiger partial charge on any atom is 0.494 e. The zero-order valence-electron chi connectivity index (χ0n) is 19.9. The van der Waals surface area contributed by atoms with Crippen molar-refractivity contribution in [3.8, 4) is 0 Å². The second kappa shape index (κ2) is 7.94. The van der Waals surface area contributed by atoms with E-state index in [0.29, 0.717) is 0 Å². The molecule has 0 aliphatic carbocycles. The zero-order valence-corrected chi connectivity index (χ0v) is 20.7. The highest BCUT2D eigenvalue weighted by Gasteiger charge is 2.51. The van der Waals surface area contributed by atoms with Crippen molar-refractivity contribution in [2.75, 3.05) is 0 Å². The second-order valence-corrected chi connectivity index (χ2v) is 11.2. The van der Waals surface area contributed by atoms with E-state index in [4.69, 9.17) is 19.3 Å². The van der Waals surface area contributed by atoms with Gasteiger partial charge in [0.1, 0.15) is 0 Å². The minimum absolute atomic E-state index is 0.0617. The topological polar surface area (TPSA) is 43.2 Å². The highest BCUT2D eigenvalue weighted by atomic mass is 32.2. The van der Waals surface area contributed by atoms with E-state index in [1.807, 2.05) is 17.8 Å². The Morgan fingerprint density at radius 2 is 1.41 bits per heavy atom.